The van der Waals surface area contributed by atoms with E-state index in [0.717, 1.165) is 16.9 Å². The number of alkyl halides is 4. The van der Waals surface area contributed by atoms with Crippen molar-refractivity contribution in [1.82, 2.24) is 0 Å². The first-order chi connectivity index (χ1) is 17.7. The molecule has 4 rings (SSSR count). The van der Waals surface area contributed by atoms with Gasteiger partial charge in [0.1, 0.15) is 12.4 Å². The Morgan fingerprint density at radius 1 is 1.05 bits per heavy atom. The molecule has 0 saturated carbocycles. The molecule has 0 fully saturated rings. The number of benzene rings is 3. The smallest absolute Gasteiger partial charge is 0.465 e. The Bertz CT molecular complexity index is 1240. The number of carbonyl (C=O) groups excluding carboxylic acids is 1. The number of anilines is 2. The molecule has 0 spiro atoms. The Kier molecular flexibility index (Phi) is 7.87. The molecule has 1 heterocycles. The molecule has 196 valence electrons. The van der Waals surface area contributed by atoms with Gasteiger partial charge in [0, 0.05) is 19.6 Å². The molecule has 10 heteroatoms. The molecule has 2 atom stereocenters. The van der Waals surface area contributed by atoms with Gasteiger partial charge in [-0.25, -0.2) is 9.18 Å². The molecule has 3 aromatic rings. The van der Waals surface area contributed by atoms with Crippen molar-refractivity contribution in [3.8, 4) is 5.75 Å². The van der Waals surface area contributed by atoms with Crippen LogP contribution in [0.1, 0.15) is 27.5 Å². The van der Waals surface area contributed by atoms with E-state index in [4.69, 9.17) is 4.74 Å². The fraction of sp³-hybridized carbons (Fsp3) is 0.296. The van der Waals surface area contributed by atoms with E-state index in [0.29, 0.717) is 17.7 Å². The van der Waals surface area contributed by atoms with Gasteiger partial charge in [-0.05, 0) is 47.5 Å². The fourth-order valence-corrected chi connectivity index (χ4v) is 4.54. The van der Waals surface area contributed by atoms with Crippen LogP contribution in [-0.4, -0.2) is 50.4 Å². The van der Waals surface area contributed by atoms with E-state index >= 15 is 0 Å². The molecule has 37 heavy (non-hydrogen) atoms. The van der Waals surface area contributed by atoms with E-state index in [1.165, 1.54) is 25.3 Å². The highest BCUT2D eigenvalue weighted by molar-refractivity contribution is 5.89. The highest BCUT2D eigenvalue weighted by Gasteiger charge is 2.34. The van der Waals surface area contributed by atoms with Gasteiger partial charge in [-0.3, -0.25) is 0 Å². The summed E-state index contributed by atoms with van der Waals surface area (Å²) < 4.78 is 60.5. The number of β-amino-alcohol motifs (C(OH)–C–C–N with tert-alkyl or cyclic N) is 1. The van der Waals surface area contributed by atoms with Crippen molar-refractivity contribution in [2.24, 2.45) is 0 Å². The normalized spacial score (nSPS) is 16.2. The molecule has 6 nitrogen and oxygen atoms in total. The van der Waals surface area contributed by atoms with Crippen LogP contribution in [0.3, 0.4) is 0 Å². The number of halogens is 4. The number of esters is 1. The summed E-state index contributed by atoms with van der Waals surface area (Å²) in [5.74, 6) is -0.822. The minimum absolute atomic E-state index is 0.00335. The summed E-state index contributed by atoms with van der Waals surface area (Å²) in [6.07, 6.45) is -6.04. The van der Waals surface area contributed by atoms with E-state index < -0.39 is 31.2 Å². The summed E-state index contributed by atoms with van der Waals surface area (Å²) in [7, 11) is 1.29. The topological polar surface area (TPSA) is 62.2 Å². The second-order valence-corrected chi connectivity index (χ2v) is 8.66. The van der Waals surface area contributed by atoms with Crippen molar-refractivity contribution >= 4 is 17.3 Å². The van der Waals surface area contributed by atoms with Crippen LogP contribution < -0.4 is 14.5 Å². The lowest BCUT2D eigenvalue weighted by Gasteiger charge is -2.45. The number of nitrogens with zero attached hydrogens (tertiary/aromatic N) is 2. The molecule has 1 aliphatic rings. The van der Waals surface area contributed by atoms with Gasteiger partial charge in [-0.15, -0.1) is 13.2 Å². The molecule has 0 aliphatic carbocycles. The molecule has 0 radical (unpaired) electrons. The summed E-state index contributed by atoms with van der Waals surface area (Å²) >= 11 is 0. The molecule has 1 N–H and O–H groups in total. The van der Waals surface area contributed by atoms with Gasteiger partial charge in [0.2, 0.25) is 0 Å². The summed E-state index contributed by atoms with van der Waals surface area (Å²) in [5, 5.41) is 10.2. The van der Waals surface area contributed by atoms with Crippen LogP contribution in [0.2, 0.25) is 0 Å². The SMILES string of the molecule is COC(=O)c1cccc([C@@H]2CN(Cc3cccc(OC(F)(F)F)c3)c3ccccc3N2C[C@@H](O)CF)c1. The van der Waals surface area contributed by atoms with Crippen molar-refractivity contribution in [2.75, 3.05) is 36.7 Å². The van der Waals surface area contributed by atoms with Crippen LogP contribution in [0.25, 0.3) is 0 Å². The van der Waals surface area contributed by atoms with Crippen LogP contribution in [-0.2, 0) is 11.3 Å². The first-order valence-electron chi connectivity index (χ1n) is 11.6. The van der Waals surface area contributed by atoms with Crippen LogP contribution in [0.5, 0.6) is 5.75 Å². The molecule has 0 aromatic heterocycles. The number of fused-ring (bicyclic) bond motifs is 1. The number of aliphatic hydroxyl groups is 1. The van der Waals surface area contributed by atoms with Gasteiger partial charge in [-0.1, -0.05) is 36.4 Å². The molecule has 0 saturated heterocycles. The standard InChI is InChI=1S/C27H26F4N2O4/c1-36-26(35)20-8-5-7-19(13-20)25-17-32(15-18-6-4-9-22(12-18)37-27(29,30)31)23-10-2-3-11-24(23)33(25)16-21(34)14-28/h2-13,21,25,34H,14-17H2,1H3/t21-,25-/m0/s1. The summed E-state index contributed by atoms with van der Waals surface area (Å²) in [6, 6.07) is 19.6. The number of para-hydroxylation sites is 2. The first-order valence-corrected chi connectivity index (χ1v) is 11.6. The number of rotatable bonds is 8. The summed E-state index contributed by atoms with van der Waals surface area (Å²) in [4.78, 5) is 16.0. The van der Waals surface area contributed by atoms with Gasteiger partial charge in [0.15, 0.2) is 0 Å². The lowest BCUT2D eigenvalue weighted by Crippen LogP contribution is -2.46. The molecule has 0 unspecified atom stereocenters. The van der Waals surface area contributed by atoms with Crippen LogP contribution >= 0.6 is 0 Å². The maximum absolute atomic E-state index is 13.3. The highest BCUT2D eigenvalue weighted by Crippen LogP contribution is 2.42. The minimum atomic E-state index is -4.80. The van der Waals surface area contributed by atoms with E-state index in [1.54, 1.807) is 24.3 Å². The van der Waals surface area contributed by atoms with Crippen molar-refractivity contribution in [3.63, 3.8) is 0 Å². The van der Waals surface area contributed by atoms with Crippen molar-refractivity contribution in [3.05, 3.63) is 89.5 Å². The number of methoxy groups -OCH3 is 1. The minimum Gasteiger partial charge on any atom is -0.465 e. The number of hydrogen-bond donors (Lipinski definition) is 1. The van der Waals surface area contributed by atoms with E-state index in [9.17, 15) is 27.5 Å². The zero-order valence-corrected chi connectivity index (χ0v) is 20.0. The second kappa shape index (κ2) is 11.1. The van der Waals surface area contributed by atoms with Gasteiger partial charge in [0.25, 0.3) is 0 Å². The predicted octanol–water partition coefficient (Wildman–Crippen LogP) is 5.27. The molecular weight excluding hydrogens is 492 g/mol. The zero-order valence-electron chi connectivity index (χ0n) is 20.0. The molecule has 0 amide bonds. The number of hydrogen-bond acceptors (Lipinski definition) is 6. The number of ether oxygens (including phenoxy) is 2. The van der Waals surface area contributed by atoms with Crippen LogP contribution in [0.4, 0.5) is 28.9 Å². The largest absolute Gasteiger partial charge is 0.573 e. The van der Waals surface area contributed by atoms with E-state index in [-0.39, 0.29) is 18.8 Å². The van der Waals surface area contributed by atoms with E-state index in [2.05, 4.69) is 4.74 Å². The van der Waals surface area contributed by atoms with Crippen molar-refractivity contribution in [2.45, 2.75) is 25.1 Å². The first kappa shape index (κ1) is 26.3. The Balaban J connectivity index is 1.73. The molecular formula is C27H26F4N2O4. The number of carbonyl (C=O) groups is 1. The second-order valence-electron chi connectivity index (χ2n) is 8.66. The average Bonchev–Trinajstić information content (AvgIpc) is 2.88. The van der Waals surface area contributed by atoms with Crippen LogP contribution in [0, 0.1) is 0 Å². The fourth-order valence-electron chi connectivity index (χ4n) is 4.54. The predicted molar refractivity (Wildman–Crippen MR) is 130 cm³/mol. The van der Waals surface area contributed by atoms with Crippen molar-refractivity contribution in [1.29, 1.82) is 0 Å². The van der Waals surface area contributed by atoms with Gasteiger partial charge < -0.3 is 24.4 Å². The van der Waals surface area contributed by atoms with Crippen molar-refractivity contribution < 1.29 is 36.9 Å². The number of aliphatic hydroxyl groups excluding tert-OH is 1. The Labute approximate surface area is 211 Å². The third-order valence-corrected chi connectivity index (χ3v) is 6.08. The van der Waals surface area contributed by atoms with Gasteiger partial charge in [0.05, 0.1) is 36.2 Å². The monoisotopic (exact) mass is 518 g/mol. The van der Waals surface area contributed by atoms with E-state index in [1.807, 2.05) is 40.1 Å². The van der Waals surface area contributed by atoms with Gasteiger partial charge >= 0.3 is 12.3 Å². The Morgan fingerprint density at radius 3 is 2.49 bits per heavy atom. The summed E-state index contributed by atoms with van der Waals surface area (Å²) in [5.41, 5.74) is 3.17. The maximum Gasteiger partial charge on any atom is 0.573 e. The third kappa shape index (κ3) is 6.32. The Morgan fingerprint density at radius 2 is 1.78 bits per heavy atom. The lowest BCUT2D eigenvalue weighted by molar-refractivity contribution is -0.274. The third-order valence-electron chi connectivity index (χ3n) is 6.08. The maximum atomic E-state index is 13.3. The van der Waals surface area contributed by atoms with Gasteiger partial charge in [-0.2, -0.15) is 0 Å². The summed E-state index contributed by atoms with van der Waals surface area (Å²) in [6.45, 7) is -0.309. The van der Waals surface area contributed by atoms with Crippen LogP contribution in [0.15, 0.2) is 72.8 Å². The molecule has 0 bridgehead atoms. The molecule has 1 aliphatic heterocycles. The highest BCUT2D eigenvalue weighted by atomic mass is 19.4. The average molecular weight is 519 g/mol. The Hall–Kier alpha value is -3.79. The lowest BCUT2D eigenvalue weighted by atomic mass is 9.97. The molecule has 3 aromatic carbocycles. The quantitative estimate of drug-likeness (QED) is 0.324. The zero-order chi connectivity index (χ0) is 26.6.